The lowest BCUT2D eigenvalue weighted by Crippen LogP contribution is -2.34. The number of nitrogens with zero attached hydrogens (tertiary/aromatic N) is 4. The summed E-state index contributed by atoms with van der Waals surface area (Å²) >= 11 is 0. The summed E-state index contributed by atoms with van der Waals surface area (Å²) in [5.41, 5.74) is 6.53. The van der Waals surface area contributed by atoms with Crippen molar-refractivity contribution in [3.05, 3.63) is 36.2 Å². The summed E-state index contributed by atoms with van der Waals surface area (Å²) in [5.74, 6) is 0.561. The standard InChI is InChI=1S/C11H12FN5/c12-9-5-8(13)1-2-10(9)16-3-4-17-7-14-15-11(17)6-16/h1-2,5,7H,3-4,6,13H2. The second-order valence-electron chi connectivity index (χ2n) is 4.07. The molecule has 0 saturated heterocycles. The fourth-order valence-corrected chi connectivity index (χ4v) is 2.05. The molecule has 0 bridgehead atoms. The van der Waals surface area contributed by atoms with Crippen LogP contribution in [0.3, 0.4) is 0 Å². The van der Waals surface area contributed by atoms with Crippen LogP contribution in [0.2, 0.25) is 0 Å². The van der Waals surface area contributed by atoms with Crippen molar-refractivity contribution >= 4 is 11.4 Å². The van der Waals surface area contributed by atoms with Gasteiger partial charge in [-0.15, -0.1) is 10.2 Å². The van der Waals surface area contributed by atoms with Gasteiger partial charge in [0.25, 0.3) is 0 Å². The van der Waals surface area contributed by atoms with Crippen molar-refractivity contribution in [3.63, 3.8) is 0 Å². The lowest BCUT2D eigenvalue weighted by molar-refractivity contribution is 0.544. The third-order valence-corrected chi connectivity index (χ3v) is 2.95. The van der Waals surface area contributed by atoms with Crippen LogP contribution in [0.4, 0.5) is 15.8 Å². The maximum Gasteiger partial charge on any atom is 0.152 e. The van der Waals surface area contributed by atoms with Crippen LogP contribution in [0.5, 0.6) is 0 Å². The van der Waals surface area contributed by atoms with Crippen molar-refractivity contribution in [2.24, 2.45) is 0 Å². The topological polar surface area (TPSA) is 60.0 Å². The van der Waals surface area contributed by atoms with E-state index in [0.29, 0.717) is 17.9 Å². The Morgan fingerprint density at radius 1 is 1.29 bits per heavy atom. The Hall–Kier alpha value is -2.11. The molecule has 88 valence electrons. The van der Waals surface area contributed by atoms with Crippen molar-refractivity contribution in [2.45, 2.75) is 13.1 Å². The van der Waals surface area contributed by atoms with Crippen LogP contribution in [0.25, 0.3) is 0 Å². The second kappa shape index (κ2) is 3.73. The quantitative estimate of drug-likeness (QED) is 0.747. The summed E-state index contributed by atoms with van der Waals surface area (Å²) in [6.45, 7) is 2.08. The van der Waals surface area contributed by atoms with E-state index >= 15 is 0 Å². The number of halogens is 1. The summed E-state index contributed by atoms with van der Waals surface area (Å²) in [4.78, 5) is 1.94. The number of aromatic nitrogens is 3. The average molecular weight is 233 g/mol. The number of rotatable bonds is 1. The third-order valence-electron chi connectivity index (χ3n) is 2.95. The molecule has 5 nitrogen and oxygen atoms in total. The Morgan fingerprint density at radius 3 is 3.00 bits per heavy atom. The molecule has 1 aliphatic rings. The molecule has 0 unspecified atom stereocenters. The van der Waals surface area contributed by atoms with Crippen LogP contribution in [-0.4, -0.2) is 21.3 Å². The number of benzene rings is 1. The van der Waals surface area contributed by atoms with Gasteiger partial charge in [0.1, 0.15) is 12.1 Å². The van der Waals surface area contributed by atoms with Crippen molar-refractivity contribution in [1.29, 1.82) is 0 Å². The molecule has 1 aliphatic heterocycles. The van der Waals surface area contributed by atoms with E-state index in [2.05, 4.69) is 10.2 Å². The van der Waals surface area contributed by atoms with E-state index in [1.807, 2.05) is 9.47 Å². The largest absolute Gasteiger partial charge is 0.399 e. The Kier molecular flexibility index (Phi) is 2.21. The summed E-state index contributed by atoms with van der Waals surface area (Å²) in [6, 6.07) is 4.75. The van der Waals surface area contributed by atoms with E-state index < -0.39 is 0 Å². The number of nitrogen functional groups attached to an aromatic ring is 1. The molecule has 6 heteroatoms. The molecule has 0 atom stereocenters. The highest BCUT2D eigenvalue weighted by atomic mass is 19.1. The molecule has 0 fully saturated rings. The average Bonchev–Trinajstić information content (AvgIpc) is 2.75. The van der Waals surface area contributed by atoms with E-state index in [1.54, 1.807) is 18.5 Å². The fourth-order valence-electron chi connectivity index (χ4n) is 2.05. The number of anilines is 2. The number of nitrogens with two attached hydrogens (primary N) is 1. The Bertz CT molecular complexity index is 551. The van der Waals surface area contributed by atoms with Gasteiger partial charge < -0.3 is 15.2 Å². The van der Waals surface area contributed by atoms with Crippen molar-refractivity contribution in [1.82, 2.24) is 14.8 Å². The first-order chi connectivity index (χ1) is 8.24. The first kappa shape index (κ1) is 10.1. The molecule has 2 heterocycles. The summed E-state index contributed by atoms with van der Waals surface area (Å²) in [5, 5.41) is 7.84. The van der Waals surface area contributed by atoms with Gasteiger partial charge >= 0.3 is 0 Å². The molecule has 3 rings (SSSR count). The highest BCUT2D eigenvalue weighted by Gasteiger charge is 2.19. The molecule has 0 saturated carbocycles. The third kappa shape index (κ3) is 1.71. The zero-order valence-electron chi connectivity index (χ0n) is 9.17. The monoisotopic (exact) mass is 233 g/mol. The van der Waals surface area contributed by atoms with Crippen molar-refractivity contribution < 1.29 is 4.39 Å². The second-order valence-corrected chi connectivity index (χ2v) is 4.07. The molecule has 17 heavy (non-hydrogen) atoms. The number of hydrogen-bond donors (Lipinski definition) is 1. The maximum absolute atomic E-state index is 13.8. The normalized spacial score (nSPS) is 14.8. The predicted molar refractivity (Wildman–Crippen MR) is 61.9 cm³/mol. The molecule has 0 radical (unpaired) electrons. The van der Waals surface area contributed by atoms with E-state index in [9.17, 15) is 4.39 Å². The van der Waals surface area contributed by atoms with Gasteiger partial charge in [0.15, 0.2) is 5.82 Å². The number of fused-ring (bicyclic) bond motifs is 1. The highest BCUT2D eigenvalue weighted by molar-refractivity contribution is 5.54. The Morgan fingerprint density at radius 2 is 2.18 bits per heavy atom. The summed E-state index contributed by atoms with van der Waals surface area (Å²) < 4.78 is 15.8. The number of hydrogen-bond acceptors (Lipinski definition) is 4. The van der Waals surface area contributed by atoms with Crippen LogP contribution in [0, 0.1) is 5.82 Å². The van der Waals surface area contributed by atoms with Gasteiger partial charge in [-0.1, -0.05) is 0 Å². The molecule has 0 aliphatic carbocycles. The van der Waals surface area contributed by atoms with Crippen LogP contribution in [0.15, 0.2) is 24.5 Å². The Balaban J connectivity index is 1.91. The fraction of sp³-hybridized carbons (Fsp3) is 0.273. The molecule has 0 spiro atoms. The SMILES string of the molecule is Nc1ccc(N2CCn3cnnc3C2)c(F)c1. The minimum atomic E-state index is -0.294. The lowest BCUT2D eigenvalue weighted by Gasteiger charge is -2.29. The van der Waals surface area contributed by atoms with Gasteiger partial charge in [0, 0.05) is 18.8 Å². The molecule has 1 aromatic heterocycles. The van der Waals surface area contributed by atoms with Gasteiger partial charge in [0.05, 0.1) is 12.2 Å². The van der Waals surface area contributed by atoms with Crippen LogP contribution < -0.4 is 10.6 Å². The van der Waals surface area contributed by atoms with Gasteiger partial charge in [0.2, 0.25) is 0 Å². The van der Waals surface area contributed by atoms with Gasteiger partial charge in [-0.25, -0.2) is 4.39 Å². The van der Waals surface area contributed by atoms with Crippen molar-refractivity contribution in [2.75, 3.05) is 17.2 Å². The molecular formula is C11H12FN5. The predicted octanol–water partition coefficient (Wildman–Crippen LogP) is 1.02. The lowest BCUT2D eigenvalue weighted by atomic mass is 10.2. The first-order valence-corrected chi connectivity index (χ1v) is 5.41. The maximum atomic E-state index is 13.8. The van der Waals surface area contributed by atoms with Gasteiger partial charge in [-0.2, -0.15) is 0 Å². The molecular weight excluding hydrogens is 221 g/mol. The highest BCUT2D eigenvalue weighted by Crippen LogP contribution is 2.24. The summed E-state index contributed by atoms with van der Waals surface area (Å²) in [6.07, 6.45) is 1.70. The van der Waals surface area contributed by atoms with Crippen molar-refractivity contribution in [3.8, 4) is 0 Å². The Labute approximate surface area is 97.7 Å². The van der Waals surface area contributed by atoms with Crippen LogP contribution >= 0.6 is 0 Å². The van der Waals surface area contributed by atoms with Gasteiger partial charge in [-0.05, 0) is 18.2 Å². The summed E-state index contributed by atoms with van der Waals surface area (Å²) in [7, 11) is 0. The first-order valence-electron chi connectivity index (χ1n) is 5.41. The zero-order chi connectivity index (χ0) is 11.8. The van der Waals surface area contributed by atoms with Gasteiger partial charge in [-0.3, -0.25) is 0 Å². The van der Waals surface area contributed by atoms with Crippen LogP contribution in [0.1, 0.15) is 5.82 Å². The molecule has 2 N–H and O–H groups in total. The zero-order valence-corrected chi connectivity index (χ0v) is 9.17. The molecule has 0 amide bonds. The smallest absolute Gasteiger partial charge is 0.152 e. The van der Waals surface area contributed by atoms with Crippen LogP contribution in [-0.2, 0) is 13.1 Å². The molecule has 1 aromatic carbocycles. The van der Waals surface area contributed by atoms with E-state index in [4.69, 9.17) is 5.73 Å². The van der Waals surface area contributed by atoms with E-state index in [1.165, 1.54) is 6.07 Å². The minimum Gasteiger partial charge on any atom is -0.399 e. The minimum absolute atomic E-state index is 0.294. The molecule has 2 aromatic rings. The van der Waals surface area contributed by atoms with E-state index in [0.717, 1.165) is 18.9 Å². The van der Waals surface area contributed by atoms with E-state index in [-0.39, 0.29) is 5.82 Å².